The molecule has 1 saturated heterocycles. The van der Waals surface area contributed by atoms with Crippen molar-refractivity contribution < 1.29 is 13.9 Å². The second kappa shape index (κ2) is 9.67. The molecule has 0 bridgehead atoms. The van der Waals surface area contributed by atoms with Gasteiger partial charge in [0.05, 0.1) is 12.3 Å². The van der Waals surface area contributed by atoms with E-state index < -0.39 is 0 Å². The topological polar surface area (TPSA) is 105 Å². The molecular formula is C25H26N6O3S. The molecule has 0 saturated carbocycles. The SMILES string of the molecule is Cc1ccc(Nc2nccs2)cc1Nc1ncc(-c2cc(OC(C)C)cc(N3CCNC3=O)c2)o1. The summed E-state index contributed by atoms with van der Waals surface area (Å²) in [5, 5.41) is 12.1. The molecule has 10 heteroatoms. The van der Waals surface area contributed by atoms with E-state index in [4.69, 9.17) is 9.15 Å². The van der Waals surface area contributed by atoms with E-state index >= 15 is 0 Å². The number of oxazole rings is 1. The number of urea groups is 1. The summed E-state index contributed by atoms with van der Waals surface area (Å²) < 4.78 is 12.0. The summed E-state index contributed by atoms with van der Waals surface area (Å²) in [6, 6.07) is 11.9. The van der Waals surface area contributed by atoms with Crippen molar-refractivity contribution in [2.45, 2.75) is 26.9 Å². The fraction of sp³-hybridized carbons (Fsp3) is 0.240. The average Bonchev–Trinajstić information content (AvgIpc) is 3.58. The summed E-state index contributed by atoms with van der Waals surface area (Å²) in [6.45, 7) is 7.14. The van der Waals surface area contributed by atoms with Gasteiger partial charge in [0.2, 0.25) is 0 Å². The van der Waals surface area contributed by atoms with Crippen molar-refractivity contribution in [3.63, 3.8) is 0 Å². The zero-order valence-corrected chi connectivity index (χ0v) is 20.5. The van der Waals surface area contributed by atoms with E-state index in [0.29, 0.717) is 30.6 Å². The lowest BCUT2D eigenvalue weighted by molar-refractivity contribution is 0.242. The predicted octanol–water partition coefficient (Wildman–Crippen LogP) is 5.91. The molecule has 1 aliphatic heterocycles. The van der Waals surface area contributed by atoms with E-state index in [2.05, 4.69) is 25.9 Å². The van der Waals surface area contributed by atoms with Crippen molar-refractivity contribution in [3.8, 4) is 17.1 Å². The zero-order valence-electron chi connectivity index (χ0n) is 19.7. The minimum Gasteiger partial charge on any atom is -0.491 e. The normalized spacial score (nSPS) is 13.3. The van der Waals surface area contributed by atoms with Crippen molar-refractivity contribution in [2.75, 3.05) is 28.6 Å². The minimum absolute atomic E-state index is 0.00861. The number of benzene rings is 2. The zero-order chi connectivity index (χ0) is 24.4. The monoisotopic (exact) mass is 490 g/mol. The van der Waals surface area contributed by atoms with Crippen molar-refractivity contribution in [2.24, 2.45) is 0 Å². The van der Waals surface area contributed by atoms with Crippen molar-refractivity contribution in [3.05, 3.63) is 59.7 Å². The van der Waals surface area contributed by atoms with Crippen LogP contribution in [0.2, 0.25) is 0 Å². The van der Waals surface area contributed by atoms with Gasteiger partial charge in [-0.3, -0.25) is 4.90 Å². The molecule has 3 N–H and O–H groups in total. The number of carbonyl (C=O) groups is 1. The van der Waals surface area contributed by atoms with Gasteiger partial charge in [-0.25, -0.2) is 14.8 Å². The highest BCUT2D eigenvalue weighted by Gasteiger charge is 2.23. The highest BCUT2D eigenvalue weighted by Crippen LogP contribution is 2.34. The molecular weight excluding hydrogens is 464 g/mol. The second-order valence-electron chi connectivity index (χ2n) is 8.41. The average molecular weight is 491 g/mol. The van der Waals surface area contributed by atoms with E-state index in [9.17, 15) is 4.79 Å². The Kier molecular flexibility index (Phi) is 6.28. The summed E-state index contributed by atoms with van der Waals surface area (Å²) in [7, 11) is 0. The van der Waals surface area contributed by atoms with Gasteiger partial charge in [-0.15, -0.1) is 11.3 Å². The third-order valence-electron chi connectivity index (χ3n) is 5.38. The first-order chi connectivity index (χ1) is 16.9. The van der Waals surface area contributed by atoms with Crippen LogP contribution in [0.3, 0.4) is 0 Å². The molecule has 180 valence electrons. The van der Waals surface area contributed by atoms with Crippen LogP contribution in [0.5, 0.6) is 5.75 Å². The fourth-order valence-corrected chi connectivity index (χ4v) is 4.31. The van der Waals surface area contributed by atoms with Crippen LogP contribution in [-0.4, -0.2) is 35.2 Å². The Morgan fingerprint density at radius 1 is 1.17 bits per heavy atom. The third-order valence-corrected chi connectivity index (χ3v) is 6.07. The van der Waals surface area contributed by atoms with Crippen LogP contribution in [0.15, 0.2) is 58.6 Å². The number of hydrogen-bond acceptors (Lipinski definition) is 8. The quantitative estimate of drug-likeness (QED) is 0.282. The standard InChI is InChI=1S/C25H26N6O3S/c1-15(2)33-20-11-17(10-19(13-20)31-8-6-27-25(31)32)22-14-28-23(34-22)30-21-12-18(5-4-16(21)3)29-24-26-7-9-35-24/h4-5,7,9-15H,6,8H2,1-3H3,(H,26,29)(H,27,32)(H,28,30). The van der Waals surface area contributed by atoms with Crippen molar-refractivity contribution >= 4 is 45.6 Å². The lowest BCUT2D eigenvalue weighted by Gasteiger charge is -2.18. The van der Waals surface area contributed by atoms with E-state index in [0.717, 1.165) is 33.3 Å². The largest absolute Gasteiger partial charge is 0.491 e. The summed E-state index contributed by atoms with van der Waals surface area (Å²) in [4.78, 5) is 22.6. The Hall–Kier alpha value is -4.05. The molecule has 9 nitrogen and oxygen atoms in total. The molecule has 0 unspecified atom stereocenters. The van der Waals surface area contributed by atoms with Crippen LogP contribution in [0, 0.1) is 6.92 Å². The molecule has 2 amide bonds. The first-order valence-electron chi connectivity index (χ1n) is 11.3. The molecule has 0 radical (unpaired) electrons. The Morgan fingerprint density at radius 3 is 2.80 bits per heavy atom. The second-order valence-corrected chi connectivity index (χ2v) is 9.31. The maximum absolute atomic E-state index is 12.2. The number of rotatable bonds is 8. The van der Waals surface area contributed by atoms with Gasteiger partial charge in [0.15, 0.2) is 10.9 Å². The third kappa shape index (κ3) is 5.22. The molecule has 2 aromatic carbocycles. The van der Waals surface area contributed by atoms with Crippen molar-refractivity contribution in [1.29, 1.82) is 0 Å². The maximum Gasteiger partial charge on any atom is 0.321 e. The van der Waals surface area contributed by atoms with Gasteiger partial charge in [-0.05, 0) is 50.6 Å². The molecule has 0 spiro atoms. The fourth-order valence-electron chi connectivity index (χ4n) is 3.76. The lowest BCUT2D eigenvalue weighted by Crippen LogP contribution is -2.27. The number of aryl methyl sites for hydroxylation is 1. The molecule has 1 aliphatic rings. The molecule has 1 fully saturated rings. The maximum atomic E-state index is 12.2. The molecule has 2 aromatic heterocycles. The van der Waals surface area contributed by atoms with E-state index in [1.807, 2.05) is 62.5 Å². The number of nitrogens with zero attached hydrogens (tertiary/aromatic N) is 3. The first kappa shape index (κ1) is 22.7. The van der Waals surface area contributed by atoms with Gasteiger partial charge in [-0.1, -0.05) is 6.07 Å². The highest BCUT2D eigenvalue weighted by molar-refractivity contribution is 7.13. The number of aromatic nitrogens is 2. The summed E-state index contributed by atoms with van der Waals surface area (Å²) in [6.07, 6.45) is 3.42. The minimum atomic E-state index is -0.126. The van der Waals surface area contributed by atoms with Crippen molar-refractivity contribution in [1.82, 2.24) is 15.3 Å². The Bertz CT molecular complexity index is 1330. The summed E-state index contributed by atoms with van der Waals surface area (Å²) >= 11 is 1.54. The molecule has 0 aliphatic carbocycles. The first-order valence-corrected chi connectivity index (χ1v) is 12.2. The number of carbonyl (C=O) groups excluding carboxylic acids is 1. The number of thiazole rings is 1. The van der Waals surface area contributed by atoms with Gasteiger partial charge < -0.3 is 25.1 Å². The Labute approximate surface area is 207 Å². The predicted molar refractivity (Wildman–Crippen MR) is 138 cm³/mol. The number of ether oxygens (including phenoxy) is 1. The Balaban J connectivity index is 1.40. The lowest BCUT2D eigenvalue weighted by atomic mass is 10.1. The van der Waals surface area contributed by atoms with Crippen LogP contribution < -0.4 is 25.6 Å². The van der Waals surface area contributed by atoms with Crippen LogP contribution in [0.1, 0.15) is 19.4 Å². The van der Waals surface area contributed by atoms with Crippen LogP contribution in [0.25, 0.3) is 11.3 Å². The number of anilines is 5. The number of nitrogens with one attached hydrogen (secondary N) is 3. The molecule has 5 rings (SSSR count). The Morgan fingerprint density at radius 2 is 2.06 bits per heavy atom. The number of hydrogen-bond donors (Lipinski definition) is 3. The highest BCUT2D eigenvalue weighted by atomic mass is 32.1. The van der Waals surface area contributed by atoms with Gasteiger partial charge in [0.1, 0.15) is 5.75 Å². The van der Waals surface area contributed by atoms with Crippen LogP contribution in [0.4, 0.5) is 33.0 Å². The molecule has 35 heavy (non-hydrogen) atoms. The van der Waals surface area contributed by atoms with E-state index in [-0.39, 0.29) is 12.1 Å². The molecule has 3 heterocycles. The number of amides is 2. The van der Waals surface area contributed by atoms with Gasteiger partial charge >= 0.3 is 6.03 Å². The van der Waals surface area contributed by atoms with Gasteiger partial charge in [0, 0.05) is 53.4 Å². The summed E-state index contributed by atoms with van der Waals surface area (Å²) in [5.74, 6) is 1.23. The van der Waals surface area contributed by atoms with E-state index in [1.165, 1.54) is 11.3 Å². The molecule has 0 atom stereocenters. The smallest absolute Gasteiger partial charge is 0.321 e. The van der Waals surface area contributed by atoms with E-state index in [1.54, 1.807) is 17.3 Å². The summed E-state index contributed by atoms with van der Waals surface area (Å²) in [5.41, 5.74) is 4.34. The van der Waals surface area contributed by atoms with Gasteiger partial charge in [0.25, 0.3) is 6.01 Å². The van der Waals surface area contributed by atoms with Crippen LogP contribution in [-0.2, 0) is 0 Å². The van der Waals surface area contributed by atoms with Crippen LogP contribution >= 0.6 is 11.3 Å². The molecule has 4 aromatic rings. The van der Waals surface area contributed by atoms with Gasteiger partial charge in [-0.2, -0.15) is 0 Å².